The Morgan fingerprint density at radius 3 is 2.22 bits per heavy atom. The van der Waals surface area contributed by atoms with Crippen molar-refractivity contribution in [1.29, 1.82) is 0 Å². The Labute approximate surface area is 119 Å². The van der Waals surface area contributed by atoms with E-state index in [1.165, 1.54) is 0 Å². The molecule has 0 radical (unpaired) electrons. The molecule has 1 saturated carbocycles. The first-order valence-corrected chi connectivity index (χ1v) is 7.41. The van der Waals surface area contributed by atoms with E-state index in [1.54, 1.807) is 0 Å². The maximum atomic E-state index is 10.5. The van der Waals surface area contributed by atoms with E-state index >= 15 is 0 Å². The summed E-state index contributed by atoms with van der Waals surface area (Å²) in [6, 6.07) is 5.84. The molecular weight excluding hydrogens is 339 g/mol. The minimum absolute atomic E-state index is 0.404. The molecule has 2 aromatic carbocycles. The highest BCUT2D eigenvalue weighted by molar-refractivity contribution is 14.1. The predicted molar refractivity (Wildman–Crippen MR) is 79.3 cm³/mol. The Bertz CT molecular complexity index is 678. The molecule has 0 spiro atoms. The van der Waals surface area contributed by atoms with E-state index in [9.17, 15) is 10.2 Å². The van der Waals surface area contributed by atoms with Crippen molar-refractivity contribution in [2.75, 3.05) is 0 Å². The van der Waals surface area contributed by atoms with Gasteiger partial charge in [0.05, 0.1) is 0 Å². The molecule has 2 N–H and O–H groups in total. The van der Waals surface area contributed by atoms with E-state index in [0.29, 0.717) is 23.3 Å². The monoisotopic (exact) mass is 352 g/mol. The van der Waals surface area contributed by atoms with E-state index in [1.807, 2.05) is 18.2 Å². The van der Waals surface area contributed by atoms with Crippen molar-refractivity contribution in [3.63, 3.8) is 0 Å². The minimum atomic E-state index is 0.404. The summed E-state index contributed by atoms with van der Waals surface area (Å²) in [4.78, 5) is 0. The molecule has 0 aromatic heterocycles. The Kier molecular flexibility index (Phi) is 2.14. The second-order valence-electron chi connectivity index (χ2n) is 5.42. The van der Waals surface area contributed by atoms with Gasteiger partial charge in [0, 0.05) is 25.5 Å². The summed E-state index contributed by atoms with van der Waals surface area (Å²) in [7, 11) is 0. The average molecular weight is 352 g/mol. The van der Waals surface area contributed by atoms with Crippen LogP contribution < -0.4 is 0 Å². The summed E-state index contributed by atoms with van der Waals surface area (Å²) in [6.45, 7) is 0. The van der Waals surface area contributed by atoms with Gasteiger partial charge in [-0.2, -0.15) is 0 Å². The first-order valence-electron chi connectivity index (χ1n) is 6.33. The van der Waals surface area contributed by atoms with Crippen molar-refractivity contribution in [2.24, 2.45) is 0 Å². The molecule has 0 heterocycles. The van der Waals surface area contributed by atoms with Gasteiger partial charge >= 0.3 is 0 Å². The number of halogens is 1. The van der Waals surface area contributed by atoms with E-state index in [2.05, 4.69) is 22.6 Å². The Hall–Kier alpha value is -0.970. The molecule has 3 heteroatoms. The van der Waals surface area contributed by atoms with E-state index in [-0.39, 0.29) is 0 Å². The maximum Gasteiger partial charge on any atom is 0.127 e. The third-order valence-corrected chi connectivity index (χ3v) is 5.21. The van der Waals surface area contributed by atoms with Crippen LogP contribution >= 0.6 is 22.6 Å². The number of phenolic OH excluding ortho intramolecular Hbond substituents is 2. The lowest BCUT2D eigenvalue weighted by atomic mass is 9.87. The molecule has 0 saturated heterocycles. The molecule has 2 unspecified atom stereocenters. The molecule has 92 valence electrons. The first kappa shape index (κ1) is 10.9. The molecule has 0 amide bonds. The molecule has 2 aliphatic rings. The van der Waals surface area contributed by atoms with Crippen LogP contribution in [0, 0.1) is 3.57 Å². The number of benzene rings is 2. The zero-order valence-corrected chi connectivity index (χ0v) is 11.9. The topological polar surface area (TPSA) is 40.5 Å². The smallest absolute Gasteiger partial charge is 0.127 e. The fourth-order valence-electron chi connectivity index (χ4n) is 3.80. The van der Waals surface area contributed by atoms with Gasteiger partial charge in [-0.1, -0.05) is 0 Å². The molecule has 0 aliphatic heterocycles. The van der Waals surface area contributed by atoms with Crippen LogP contribution in [0.4, 0.5) is 0 Å². The second kappa shape index (κ2) is 3.53. The molecule has 18 heavy (non-hydrogen) atoms. The highest BCUT2D eigenvalue weighted by Gasteiger charge is 2.41. The number of hydrogen-bond acceptors (Lipinski definition) is 2. The van der Waals surface area contributed by atoms with Gasteiger partial charge in [0.25, 0.3) is 0 Å². The van der Waals surface area contributed by atoms with Crippen molar-refractivity contribution in [3.05, 3.63) is 32.9 Å². The third kappa shape index (κ3) is 1.23. The SMILES string of the molecule is Oc1c2c(c(O)c3cc(I)ccc13)C1CCC2C1. The van der Waals surface area contributed by atoms with E-state index in [4.69, 9.17) is 0 Å². The number of rotatable bonds is 0. The lowest BCUT2D eigenvalue weighted by molar-refractivity contribution is 0.452. The molecule has 4 rings (SSSR count). The lowest BCUT2D eigenvalue weighted by Crippen LogP contribution is -1.99. The van der Waals surface area contributed by atoms with Crippen molar-refractivity contribution in [1.82, 2.24) is 0 Å². The summed E-state index contributed by atoms with van der Waals surface area (Å²) < 4.78 is 1.08. The van der Waals surface area contributed by atoms with Crippen LogP contribution in [0.15, 0.2) is 18.2 Å². The molecule has 2 bridgehead atoms. The van der Waals surface area contributed by atoms with Crippen molar-refractivity contribution < 1.29 is 10.2 Å². The summed E-state index contributed by atoms with van der Waals surface area (Å²) in [5, 5.41) is 22.6. The lowest BCUT2D eigenvalue weighted by Gasteiger charge is -2.20. The highest BCUT2D eigenvalue weighted by atomic mass is 127. The van der Waals surface area contributed by atoms with Gasteiger partial charge in [-0.05, 0) is 71.9 Å². The fourth-order valence-corrected chi connectivity index (χ4v) is 4.29. The van der Waals surface area contributed by atoms with Crippen LogP contribution in [0.3, 0.4) is 0 Å². The van der Waals surface area contributed by atoms with Crippen molar-refractivity contribution >= 4 is 33.4 Å². The standard InChI is InChI=1S/C15H13IO2/c16-9-3-4-10-11(6-9)15(18)13-8-2-1-7(5-8)12(13)14(10)17/h3-4,6-8,17-18H,1-2,5H2. The van der Waals surface area contributed by atoms with Crippen LogP contribution in [0.1, 0.15) is 42.2 Å². The number of fused-ring (bicyclic) bond motifs is 6. The normalized spacial score (nSPS) is 24.7. The van der Waals surface area contributed by atoms with Gasteiger partial charge in [0.2, 0.25) is 0 Å². The van der Waals surface area contributed by atoms with Crippen LogP contribution in [0.25, 0.3) is 10.8 Å². The zero-order chi connectivity index (χ0) is 12.4. The molecular formula is C15H13IO2. The molecule has 2 nitrogen and oxygen atoms in total. The van der Waals surface area contributed by atoms with Gasteiger partial charge in [-0.25, -0.2) is 0 Å². The molecule has 1 fully saturated rings. The maximum absolute atomic E-state index is 10.5. The van der Waals surface area contributed by atoms with Crippen molar-refractivity contribution in [2.45, 2.75) is 31.1 Å². The van der Waals surface area contributed by atoms with Gasteiger partial charge in [0.1, 0.15) is 11.5 Å². The van der Waals surface area contributed by atoms with Crippen LogP contribution in [0.5, 0.6) is 11.5 Å². The summed E-state index contributed by atoms with van der Waals surface area (Å²) in [6.07, 6.45) is 3.41. The van der Waals surface area contributed by atoms with Gasteiger partial charge in [0.15, 0.2) is 0 Å². The molecule has 2 aliphatic carbocycles. The molecule has 2 atom stereocenters. The number of phenols is 2. The van der Waals surface area contributed by atoms with Crippen molar-refractivity contribution in [3.8, 4) is 11.5 Å². The van der Waals surface area contributed by atoms with E-state index < -0.39 is 0 Å². The zero-order valence-electron chi connectivity index (χ0n) is 9.78. The number of aromatic hydroxyl groups is 2. The van der Waals surface area contributed by atoms with Crippen LogP contribution in [-0.4, -0.2) is 10.2 Å². The highest BCUT2D eigenvalue weighted by Crippen LogP contribution is 2.60. The minimum Gasteiger partial charge on any atom is -0.507 e. The largest absolute Gasteiger partial charge is 0.507 e. The predicted octanol–water partition coefficient (Wildman–Crippen LogP) is 4.22. The second-order valence-corrected chi connectivity index (χ2v) is 6.67. The van der Waals surface area contributed by atoms with Crippen LogP contribution in [-0.2, 0) is 0 Å². The first-order chi connectivity index (χ1) is 8.66. The quantitative estimate of drug-likeness (QED) is 0.551. The van der Waals surface area contributed by atoms with Gasteiger partial charge in [-0.15, -0.1) is 0 Å². The summed E-state index contributed by atoms with van der Waals surface area (Å²) >= 11 is 2.23. The van der Waals surface area contributed by atoms with Gasteiger partial charge in [-0.3, -0.25) is 0 Å². The van der Waals surface area contributed by atoms with Gasteiger partial charge < -0.3 is 10.2 Å². The Balaban J connectivity index is 2.17. The fraction of sp³-hybridized carbons (Fsp3) is 0.333. The number of hydrogen-bond donors (Lipinski definition) is 2. The Morgan fingerprint density at radius 1 is 0.944 bits per heavy atom. The summed E-state index contributed by atoms with van der Waals surface area (Å²) in [5.74, 6) is 1.72. The summed E-state index contributed by atoms with van der Waals surface area (Å²) in [5.41, 5.74) is 2.05. The molecule has 2 aromatic rings. The third-order valence-electron chi connectivity index (χ3n) is 4.54. The Morgan fingerprint density at radius 2 is 1.56 bits per heavy atom. The van der Waals surface area contributed by atoms with E-state index in [0.717, 1.165) is 44.7 Å². The van der Waals surface area contributed by atoms with Crippen LogP contribution in [0.2, 0.25) is 0 Å². The average Bonchev–Trinajstić information content (AvgIpc) is 2.96.